The zero-order valence-electron chi connectivity index (χ0n) is 10.1. The highest BCUT2D eigenvalue weighted by Crippen LogP contribution is 2.25. The molecule has 5 nitrogen and oxygen atoms in total. The second-order valence-corrected chi connectivity index (χ2v) is 5.80. The number of hydrogen-bond donors (Lipinski definition) is 2. The highest BCUT2D eigenvalue weighted by atomic mass is 127. The monoisotopic (exact) mass is 361 g/mol. The zero-order chi connectivity index (χ0) is 13.1. The van der Waals surface area contributed by atoms with Crippen molar-refractivity contribution in [1.82, 2.24) is 5.32 Å². The molecule has 0 radical (unpaired) electrons. The van der Waals surface area contributed by atoms with Gasteiger partial charge in [0.25, 0.3) is 5.69 Å². The maximum absolute atomic E-state index is 10.7. The average Bonchev–Trinajstić information content (AvgIpc) is 2.31. The largest absolute Gasteiger partial charge is 0.381 e. The molecule has 0 amide bonds. The van der Waals surface area contributed by atoms with E-state index in [0.29, 0.717) is 12.1 Å². The number of benzene rings is 1. The molecule has 1 aromatic carbocycles. The van der Waals surface area contributed by atoms with Crippen molar-refractivity contribution < 1.29 is 4.92 Å². The number of rotatable bonds is 3. The summed E-state index contributed by atoms with van der Waals surface area (Å²) in [5.41, 5.74) is 1.13. The molecule has 1 heterocycles. The van der Waals surface area contributed by atoms with Gasteiger partial charge in [-0.25, -0.2) is 0 Å². The van der Waals surface area contributed by atoms with Crippen LogP contribution in [0.4, 0.5) is 11.4 Å². The number of nitrogens with one attached hydrogen (secondary N) is 2. The van der Waals surface area contributed by atoms with E-state index in [4.69, 9.17) is 0 Å². The van der Waals surface area contributed by atoms with Gasteiger partial charge < -0.3 is 10.6 Å². The van der Waals surface area contributed by atoms with Gasteiger partial charge in [0.15, 0.2) is 0 Å². The first kappa shape index (κ1) is 13.5. The molecule has 0 saturated carbocycles. The van der Waals surface area contributed by atoms with Crippen LogP contribution in [0.15, 0.2) is 18.2 Å². The number of piperidine rings is 1. The van der Waals surface area contributed by atoms with E-state index in [1.165, 1.54) is 0 Å². The number of halogens is 1. The summed E-state index contributed by atoms with van der Waals surface area (Å²) in [7, 11) is 0. The van der Waals surface area contributed by atoms with Gasteiger partial charge in [-0.15, -0.1) is 0 Å². The van der Waals surface area contributed by atoms with Crippen molar-refractivity contribution >= 4 is 34.0 Å². The molecule has 2 rings (SSSR count). The van der Waals surface area contributed by atoms with Gasteiger partial charge >= 0.3 is 0 Å². The summed E-state index contributed by atoms with van der Waals surface area (Å²) in [6.07, 6.45) is 2.16. The van der Waals surface area contributed by atoms with Crippen molar-refractivity contribution in [2.45, 2.75) is 31.8 Å². The minimum absolute atomic E-state index is 0.142. The second kappa shape index (κ2) is 5.83. The molecule has 0 spiro atoms. The smallest absolute Gasteiger partial charge is 0.270 e. The van der Waals surface area contributed by atoms with Crippen molar-refractivity contribution in [3.05, 3.63) is 31.9 Å². The van der Waals surface area contributed by atoms with Crippen LogP contribution in [0.5, 0.6) is 0 Å². The normalized spacial score (nSPS) is 23.7. The molecular formula is C12H16IN3O2. The minimum Gasteiger partial charge on any atom is -0.381 e. The Bertz CT molecular complexity index is 453. The third kappa shape index (κ3) is 3.32. The van der Waals surface area contributed by atoms with Crippen molar-refractivity contribution in [2.24, 2.45) is 0 Å². The molecule has 1 aliphatic heterocycles. The number of non-ortho nitro benzene ring substituents is 1. The lowest BCUT2D eigenvalue weighted by molar-refractivity contribution is -0.384. The number of nitro benzene ring substituents is 1. The molecule has 1 aliphatic rings. The second-order valence-electron chi connectivity index (χ2n) is 4.64. The van der Waals surface area contributed by atoms with Crippen molar-refractivity contribution in [3.8, 4) is 0 Å². The topological polar surface area (TPSA) is 67.2 Å². The Hall–Kier alpha value is -0.890. The summed E-state index contributed by atoms with van der Waals surface area (Å²) in [4.78, 5) is 10.3. The van der Waals surface area contributed by atoms with Crippen LogP contribution < -0.4 is 10.6 Å². The standard InChI is InChI=1S/C12H16IN3O2/c1-8-6-9(4-5-14-8)15-12-3-2-10(16(17)18)7-11(12)13/h2-3,7-9,14-15H,4-6H2,1H3. The molecule has 1 aromatic rings. The van der Waals surface area contributed by atoms with Crippen LogP contribution >= 0.6 is 22.6 Å². The van der Waals surface area contributed by atoms with Crippen molar-refractivity contribution in [2.75, 3.05) is 11.9 Å². The van der Waals surface area contributed by atoms with Crippen LogP contribution in [-0.2, 0) is 0 Å². The third-order valence-electron chi connectivity index (χ3n) is 3.15. The molecule has 6 heteroatoms. The van der Waals surface area contributed by atoms with Gasteiger partial charge in [0.05, 0.1) is 4.92 Å². The van der Waals surface area contributed by atoms with E-state index in [1.807, 2.05) is 0 Å². The molecule has 98 valence electrons. The number of nitrogens with zero attached hydrogens (tertiary/aromatic N) is 1. The van der Waals surface area contributed by atoms with E-state index in [0.717, 1.165) is 28.6 Å². The fourth-order valence-corrected chi connectivity index (χ4v) is 2.87. The van der Waals surface area contributed by atoms with Gasteiger partial charge in [0.1, 0.15) is 0 Å². The highest BCUT2D eigenvalue weighted by molar-refractivity contribution is 14.1. The Labute approximate surface area is 120 Å². The molecule has 1 saturated heterocycles. The van der Waals surface area contributed by atoms with Crippen LogP contribution in [0.2, 0.25) is 0 Å². The van der Waals surface area contributed by atoms with Crippen molar-refractivity contribution in [1.29, 1.82) is 0 Å². The maximum atomic E-state index is 10.7. The molecule has 2 unspecified atom stereocenters. The Morgan fingerprint density at radius 2 is 2.33 bits per heavy atom. The van der Waals surface area contributed by atoms with E-state index in [9.17, 15) is 10.1 Å². The summed E-state index contributed by atoms with van der Waals surface area (Å²) >= 11 is 2.14. The number of anilines is 1. The van der Waals surface area contributed by atoms with Gasteiger partial charge in [0, 0.05) is 33.5 Å². The van der Waals surface area contributed by atoms with Crippen molar-refractivity contribution in [3.63, 3.8) is 0 Å². The van der Waals surface area contributed by atoms with E-state index in [-0.39, 0.29) is 10.6 Å². The van der Waals surface area contributed by atoms with E-state index >= 15 is 0 Å². The number of hydrogen-bond acceptors (Lipinski definition) is 4. The summed E-state index contributed by atoms with van der Waals surface area (Å²) in [5.74, 6) is 0. The summed E-state index contributed by atoms with van der Waals surface area (Å²) in [6.45, 7) is 3.19. The van der Waals surface area contributed by atoms with Gasteiger partial charge in [-0.05, 0) is 55.0 Å². The fourth-order valence-electron chi connectivity index (χ4n) is 2.22. The predicted molar refractivity (Wildman–Crippen MR) is 79.9 cm³/mol. The highest BCUT2D eigenvalue weighted by Gasteiger charge is 2.19. The van der Waals surface area contributed by atoms with Gasteiger partial charge in [-0.1, -0.05) is 0 Å². The SMILES string of the molecule is CC1CC(Nc2ccc([N+](=O)[O-])cc2I)CCN1. The quantitative estimate of drug-likeness (QED) is 0.494. The Morgan fingerprint density at radius 3 is 2.94 bits per heavy atom. The Morgan fingerprint density at radius 1 is 1.56 bits per heavy atom. The molecular weight excluding hydrogens is 345 g/mol. The molecule has 0 aliphatic carbocycles. The Kier molecular flexibility index (Phi) is 4.39. The Balaban J connectivity index is 2.07. The lowest BCUT2D eigenvalue weighted by Gasteiger charge is -2.29. The molecule has 0 bridgehead atoms. The van der Waals surface area contributed by atoms with E-state index in [1.54, 1.807) is 18.2 Å². The first-order valence-corrected chi connectivity index (χ1v) is 7.08. The van der Waals surface area contributed by atoms with Crippen LogP contribution in [0.1, 0.15) is 19.8 Å². The molecule has 18 heavy (non-hydrogen) atoms. The van der Waals surface area contributed by atoms with Crippen LogP contribution in [0.3, 0.4) is 0 Å². The van der Waals surface area contributed by atoms with Gasteiger partial charge in [-0.2, -0.15) is 0 Å². The molecule has 0 aromatic heterocycles. The average molecular weight is 361 g/mol. The maximum Gasteiger partial charge on any atom is 0.270 e. The molecule has 1 fully saturated rings. The summed E-state index contributed by atoms with van der Waals surface area (Å²) in [5, 5.41) is 17.6. The van der Waals surface area contributed by atoms with E-state index < -0.39 is 0 Å². The molecule has 2 N–H and O–H groups in total. The fraction of sp³-hybridized carbons (Fsp3) is 0.500. The van der Waals surface area contributed by atoms with Crippen LogP contribution in [-0.4, -0.2) is 23.6 Å². The first-order valence-electron chi connectivity index (χ1n) is 6.00. The van der Waals surface area contributed by atoms with Gasteiger partial charge in [-0.3, -0.25) is 10.1 Å². The lowest BCUT2D eigenvalue weighted by Crippen LogP contribution is -2.41. The minimum atomic E-state index is -0.363. The van der Waals surface area contributed by atoms with Gasteiger partial charge in [0.2, 0.25) is 0 Å². The number of nitro groups is 1. The van der Waals surface area contributed by atoms with E-state index in [2.05, 4.69) is 40.1 Å². The third-order valence-corrected chi connectivity index (χ3v) is 4.04. The van der Waals surface area contributed by atoms with Crippen LogP contribution in [0, 0.1) is 13.7 Å². The first-order chi connectivity index (χ1) is 8.56. The predicted octanol–water partition coefficient (Wildman–Crippen LogP) is 2.75. The zero-order valence-corrected chi connectivity index (χ0v) is 12.3. The summed E-state index contributed by atoms with van der Waals surface area (Å²) < 4.78 is 0.896. The molecule has 2 atom stereocenters. The van der Waals surface area contributed by atoms with Crippen LogP contribution in [0.25, 0.3) is 0 Å². The summed E-state index contributed by atoms with van der Waals surface area (Å²) in [6, 6.07) is 5.91. The lowest BCUT2D eigenvalue weighted by atomic mass is 10.0.